The van der Waals surface area contributed by atoms with Crippen LogP contribution in [-0.4, -0.2) is 24.1 Å². The SMILES string of the molecule is COC(=O)c1ccc(CC(C(=O)Nc2ccc(C)cc2)c2ccc(O)cc2)cc1. The minimum atomic E-state index is -0.458. The fourth-order valence-corrected chi connectivity index (χ4v) is 3.07. The number of aromatic hydroxyl groups is 1. The molecule has 1 atom stereocenters. The molecule has 148 valence electrons. The second-order valence-electron chi connectivity index (χ2n) is 6.89. The number of anilines is 1. The number of carbonyl (C=O) groups excluding carboxylic acids is 2. The fraction of sp³-hybridized carbons (Fsp3) is 0.167. The maximum atomic E-state index is 13.1. The molecule has 1 amide bonds. The maximum absolute atomic E-state index is 13.1. The van der Waals surface area contributed by atoms with Crippen LogP contribution in [0, 0.1) is 6.92 Å². The van der Waals surface area contributed by atoms with E-state index in [1.807, 2.05) is 43.3 Å². The van der Waals surface area contributed by atoms with Crippen molar-refractivity contribution in [2.24, 2.45) is 0 Å². The molecular formula is C24H23NO4. The van der Waals surface area contributed by atoms with Gasteiger partial charge in [0.15, 0.2) is 0 Å². The normalized spacial score (nSPS) is 11.5. The molecule has 0 aliphatic carbocycles. The van der Waals surface area contributed by atoms with Crippen molar-refractivity contribution in [2.75, 3.05) is 12.4 Å². The fourth-order valence-electron chi connectivity index (χ4n) is 3.07. The van der Waals surface area contributed by atoms with Crippen LogP contribution in [0.4, 0.5) is 5.69 Å². The third kappa shape index (κ3) is 5.23. The number of methoxy groups -OCH3 is 1. The molecule has 0 fully saturated rings. The monoisotopic (exact) mass is 389 g/mol. The van der Waals surface area contributed by atoms with Crippen LogP contribution >= 0.6 is 0 Å². The van der Waals surface area contributed by atoms with Crippen molar-refractivity contribution in [3.05, 3.63) is 95.1 Å². The molecule has 0 radical (unpaired) electrons. The van der Waals surface area contributed by atoms with Gasteiger partial charge in [-0.2, -0.15) is 0 Å². The van der Waals surface area contributed by atoms with Crippen LogP contribution in [0.5, 0.6) is 5.75 Å². The van der Waals surface area contributed by atoms with Crippen LogP contribution in [0.2, 0.25) is 0 Å². The predicted molar refractivity (Wildman–Crippen MR) is 112 cm³/mol. The molecule has 0 aliphatic rings. The van der Waals surface area contributed by atoms with Crippen molar-refractivity contribution in [1.82, 2.24) is 0 Å². The Bertz CT molecular complexity index is 977. The number of phenols is 1. The van der Waals surface area contributed by atoms with Gasteiger partial charge in [0.25, 0.3) is 0 Å². The summed E-state index contributed by atoms with van der Waals surface area (Å²) in [5, 5.41) is 12.6. The van der Waals surface area contributed by atoms with Gasteiger partial charge in [-0.05, 0) is 60.9 Å². The molecule has 2 N–H and O–H groups in total. The molecule has 0 heterocycles. The lowest BCUT2D eigenvalue weighted by Gasteiger charge is -2.18. The molecule has 1 unspecified atom stereocenters. The van der Waals surface area contributed by atoms with Gasteiger partial charge in [-0.3, -0.25) is 4.79 Å². The Kier molecular flexibility index (Phi) is 6.29. The van der Waals surface area contributed by atoms with Crippen LogP contribution in [0.25, 0.3) is 0 Å². The zero-order valence-corrected chi connectivity index (χ0v) is 16.4. The van der Waals surface area contributed by atoms with Crippen molar-refractivity contribution < 1.29 is 19.4 Å². The van der Waals surface area contributed by atoms with E-state index in [4.69, 9.17) is 4.74 Å². The highest BCUT2D eigenvalue weighted by molar-refractivity contribution is 5.96. The first-order valence-corrected chi connectivity index (χ1v) is 9.30. The second kappa shape index (κ2) is 9.06. The zero-order chi connectivity index (χ0) is 20.8. The minimum absolute atomic E-state index is 0.142. The van der Waals surface area contributed by atoms with E-state index in [0.29, 0.717) is 12.0 Å². The Labute approximate surface area is 170 Å². The second-order valence-corrected chi connectivity index (χ2v) is 6.89. The highest BCUT2D eigenvalue weighted by Gasteiger charge is 2.22. The summed E-state index contributed by atoms with van der Waals surface area (Å²) in [6.45, 7) is 1.99. The average molecular weight is 389 g/mol. The van der Waals surface area contributed by atoms with Crippen molar-refractivity contribution in [2.45, 2.75) is 19.3 Å². The lowest BCUT2D eigenvalue weighted by molar-refractivity contribution is -0.117. The number of benzene rings is 3. The summed E-state index contributed by atoms with van der Waals surface area (Å²) in [5.74, 6) is -0.852. The van der Waals surface area contributed by atoms with Gasteiger partial charge in [-0.1, -0.05) is 42.0 Å². The topological polar surface area (TPSA) is 75.6 Å². The third-order valence-electron chi connectivity index (χ3n) is 4.75. The Morgan fingerprint density at radius 2 is 1.55 bits per heavy atom. The lowest BCUT2D eigenvalue weighted by Crippen LogP contribution is -2.23. The summed E-state index contributed by atoms with van der Waals surface area (Å²) in [7, 11) is 1.34. The number of ether oxygens (including phenoxy) is 1. The molecule has 0 bridgehead atoms. The Balaban J connectivity index is 1.84. The highest BCUT2D eigenvalue weighted by Crippen LogP contribution is 2.25. The van der Waals surface area contributed by atoms with E-state index in [1.54, 1.807) is 36.4 Å². The van der Waals surface area contributed by atoms with E-state index in [2.05, 4.69) is 5.32 Å². The first kappa shape index (κ1) is 20.1. The summed E-state index contributed by atoms with van der Waals surface area (Å²) in [6, 6.07) is 21.3. The van der Waals surface area contributed by atoms with Gasteiger partial charge >= 0.3 is 5.97 Å². The summed E-state index contributed by atoms with van der Waals surface area (Å²) >= 11 is 0. The Morgan fingerprint density at radius 1 is 0.931 bits per heavy atom. The molecular weight excluding hydrogens is 366 g/mol. The van der Waals surface area contributed by atoms with Gasteiger partial charge in [-0.25, -0.2) is 4.79 Å². The Morgan fingerprint density at radius 3 is 2.14 bits per heavy atom. The standard InChI is InChI=1S/C24H23NO4/c1-16-3-11-20(12-4-16)25-23(27)22(18-9-13-21(26)14-10-18)15-17-5-7-19(8-6-17)24(28)29-2/h3-14,22,26H,15H2,1-2H3,(H,25,27). The summed E-state index contributed by atoms with van der Waals surface area (Å²) in [4.78, 5) is 24.7. The number of esters is 1. The lowest BCUT2D eigenvalue weighted by atomic mass is 9.90. The number of aryl methyl sites for hydroxylation is 1. The van der Waals surface area contributed by atoms with E-state index >= 15 is 0 Å². The first-order chi connectivity index (χ1) is 14.0. The van der Waals surface area contributed by atoms with Gasteiger partial charge in [0.1, 0.15) is 5.75 Å². The van der Waals surface area contributed by atoms with Crippen molar-refractivity contribution in [3.8, 4) is 5.75 Å². The molecule has 3 aromatic carbocycles. The predicted octanol–water partition coefficient (Wildman–Crippen LogP) is 4.45. The Hall–Kier alpha value is -3.60. The van der Waals surface area contributed by atoms with Crippen molar-refractivity contribution >= 4 is 17.6 Å². The van der Waals surface area contributed by atoms with E-state index in [0.717, 1.165) is 22.4 Å². The molecule has 5 heteroatoms. The summed E-state index contributed by atoms with van der Waals surface area (Å²) in [6.07, 6.45) is 0.448. The number of rotatable bonds is 6. The van der Waals surface area contributed by atoms with Crippen molar-refractivity contribution in [1.29, 1.82) is 0 Å². The minimum Gasteiger partial charge on any atom is -0.508 e. The quantitative estimate of drug-likeness (QED) is 0.611. The number of carbonyl (C=O) groups is 2. The van der Waals surface area contributed by atoms with Crippen LogP contribution < -0.4 is 5.32 Å². The number of amides is 1. The maximum Gasteiger partial charge on any atom is 0.337 e. The van der Waals surface area contributed by atoms with Gasteiger partial charge < -0.3 is 15.2 Å². The zero-order valence-electron chi connectivity index (χ0n) is 16.4. The number of nitrogens with one attached hydrogen (secondary N) is 1. The number of hydrogen-bond acceptors (Lipinski definition) is 4. The highest BCUT2D eigenvalue weighted by atomic mass is 16.5. The largest absolute Gasteiger partial charge is 0.508 e. The molecule has 0 aliphatic heterocycles. The molecule has 0 saturated carbocycles. The van der Waals surface area contributed by atoms with E-state index < -0.39 is 11.9 Å². The van der Waals surface area contributed by atoms with Gasteiger partial charge in [0.05, 0.1) is 18.6 Å². The molecule has 3 aromatic rings. The molecule has 0 aromatic heterocycles. The van der Waals surface area contributed by atoms with Gasteiger partial charge in [-0.15, -0.1) is 0 Å². The van der Waals surface area contributed by atoms with Crippen LogP contribution in [-0.2, 0) is 16.0 Å². The van der Waals surface area contributed by atoms with Crippen LogP contribution in [0.3, 0.4) is 0 Å². The third-order valence-corrected chi connectivity index (χ3v) is 4.75. The van der Waals surface area contributed by atoms with E-state index in [9.17, 15) is 14.7 Å². The van der Waals surface area contributed by atoms with E-state index in [1.165, 1.54) is 7.11 Å². The number of phenolic OH excluding ortho intramolecular Hbond substituents is 1. The molecule has 3 rings (SSSR count). The smallest absolute Gasteiger partial charge is 0.337 e. The average Bonchev–Trinajstić information content (AvgIpc) is 2.74. The van der Waals surface area contributed by atoms with Crippen molar-refractivity contribution in [3.63, 3.8) is 0 Å². The first-order valence-electron chi connectivity index (χ1n) is 9.30. The van der Waals surface area contributed by atoms with Crippen LogP contribution in [0.15, 0.2) is 72.8 Å². The number of hydrogen-bond donors (Lipinski definition) is 2. The van der Waals surface area contributed by atoms with Crippen LogP contribution in [0.1, 0.15) is 33.0 Å². The molecule has 0 spiro atoms. The van der Waals surface area contributed by atoms with E-state index in [-0.39, 0.29) is 11.7 Å². The van der Waals surface area contributed by atoms with Gasteiger partial charge in [0, 0.05) is 5.69 Å². The molecule has 29 heavy (non-hydrogen) atoms. The molecule has 5 nitrogen and oxygen atoms in total. The summed E-state index contributed by atoms with van der Waals surface area (Å²) < 4.78 is 4.72. The van der Waals surface area contributed by atoms with Gasteiger partial charge in [0.2, 0.25) is 5.91 Å². The molecule has 0 saturated heterocycles. The summed E-state index contributed by atoms with van der Waals surface area (Å²) in [5.41, 5.74) is 4.01.